The predicted molar refractivity (Wildman–Crippen MR) is 89.4 cm³/mol. The van der Waals surface area contributed by atoms with E-state index >= 15 is 0 Å². The van der Waals surface area contributed by atoms with Crippen molar-refractivity contribution in [3.63, 3.8) is 0 Å². The molecule has 0 aromatic heterocycles. The van der Waals surface area contributed by atoms with Crippen LogP contribution >= 0.6 is 0 Å². The number of benzene rings is 1. The van der Waals surface area contributed by atoms with E-state index in [2.05, 4.69) is 19.2 Å². The van der Waals surface area contributed by atoms with E-state index in [1.165, 1.54) is 0 Å². The van der Waals surface area contributed by atoms with Gasteiger partial charge in [-0.1, -0.05) is 19.9 Å². The van der Waals surface area contributed by atoms with Gasteiger partial charge in [0.05, 0.1) is 12.8 Å². The van der Waals surface area contributed by atoms with Gasteiger partial charge in [0.25, 0.3) is 0 Å². The minimum absolute atomic E-state index is 0.0566. The molecule has 1 aromatic rings. The van der Waals surface area contributed by atoms with Gasteiger partial charge in [0.15, 0.2) is 0 Å². The number of nitrogens with one attached hydrogen (secondary N) is 1. The van der Waals surface area contributed by atoms with Crippen molar-refractivity contribution in [3.05, 3.63) is 23.8 Å². The average molecular weight is 308 g/mol. The Hall–Kier alpha value is -1.75. The zero-order valence-corrected chi connectivity index (χ0v) is 14.4. The number of rotatable bonds is 5. The Kier molecular flexibility index (Phi) is 5.83. The highest BCUT2D eigenvalue weighted by Gasteiger charge is 2.21. The summed E-state index contributed by atoms with van der Waals surface area (Å²) < 4.78 is 10.5. The van der Waals surface area contributed by atoms with Crippen molar-refractivity contribution in [2.24, 2.45) is 11.1 Å². The van der Waals surface area contributed by atoms with Gasteiger partial charge in [-0.2, -0.15) is 0 Å². The van der Waals surface area contributed by atoms with Crippen LogP contribution in [0.15, 0.2) is 18.2 Å². The van der Waals surface area contributed by atoms with E-state index in [0.29, 0.717) is 18.0 Å². The molecule has 0 spiro atoms. The van der Waals surface area contributed by atoms with E-state index in [9.17, 15) is 4.79 Å². The van der Waals surface area contributed by atoms with E-state index in [4.69, 9.17) is 15.2 Å². The van der Waals surface area contributed by atoms with Crippen LogP contribution < -0.4 is 15.8 Å². The summed E-state index contributed by atoms with van der Waals surface area (Å²) in [4.78, 5) is 12.0. The van der Waals surface area contributed by atoms with Gasteiger partial charge in [0, 0.05) is 6.07 Å². The van der Waals surface area contributed by atoms with Crippen LogP contribution in [0.3, 0.4) is 0 Å². The Labute approximate surface area is 133 Å². The Morgan fingerprint density at radius 3 is 2.36 bits per heavy atom. The summed E-state index contributed by atoms with van der Waals surface area (Å²) in [7, 11) is 1.59. The van der Waals surface area contributed by atoms with Crippen LogP contribution in [0.5, 0.6) is 5.75 Å². The van der Waals surface area contributed by atoms with Crippen LogP contribution in [0.2, 0.25) is 0 Å². The Balaban J connectivity index is 3.01. The highest BCUT2D eigenvalue weighted by atomic mass is 16.6. The zero-order valence-electron chi connectivity index (χ0n) is 14.4. The number of carbonyl (C=O) groups is 1. The minimum atomic E-state index is -0.542. The third-order valence-corrected chi connectivity index (χ3v) is 3.17. The fourth-order valence-corrected chi connectivity index (χ4v) is 1.95. The highest BCUT2D eigenvalue weighted by Crippen LogP contribution is 2.29. The number of nitrogens with two attached hydrogens (primary N) is 1. The largest absolute Gasteiger partial charge is 0.497 e. The average Bonchev–Trinajstić information content (AvgIpc) is 2.38. The second-order valence-electron chi connectivity index (χ2n) is 7.20. The van der Waals surface area contributed by atoms with Crippen molar-refractivity contribution in [2.75, 3.05) is 19.0 Å². The molecule has 0 saturated carbocycles. The molecule has 0 radical (unpaired) electrons. The van der Waals surface area contributed by atoms with E-state index in [1.807, 2.05) is 32.9 Å². The molecule has 124 valence electrons. The molecule has 5 heteroatoms. The van der Waals surface area contributed by atoms with E-state index in [-0.39, 0.29) is 5.41 Å². The fourth-order valence-electron chi connectivity index (χ4n) is 1.95. The molecule has 1 aromatic carbocycles. The summed E-state index contributed by atoms with van der Waals surface area (Å²) in [6.45, 7) is 10.2. The van der Waals surface area contributed by atoms with Gasteiger partial charge >= 0.3 is 6.09 Å². The first-order chi connectivity index (χ1) is 10.1. The third kappa shape index (κ3) is 5.93. The maximum Gasteiger partial charge on any atom is 0.412 e. The number of hydrogen-bond donors (Lipinski definition) is 2. The maximum absolute atomic E-state index is 12.0. The number of carbonyl (C=O) groups excluding carboxylic acids is 1. The molecular formula is C17H28N2O3. The van der Waals surface area contributed by atoms with Crippen molar-refractivity contribution in [3.8, 4) is 5.75 Å². The van der Waals surface area contributed by atoms with Crippen LogP contribution in [0, 0.1) is 5.41 Å². The second kappa shape index (κ2) is 7.01. The third-order valence-electron chi connectivity index (χ3n) is 3.17. The van der Waals surface area contributed by atoms with Crippen LogP contribution in [0.25, 0.3) is 0 Å². The quantitative estimate of drug-likeness (QED) is 0.872. The van der Waals surface area contributed by atoms with E-state index < -0.39 is 11.7 Å². The molecule has 1 rings (SSSR count). The van der Waals surface area contributed by atoms with Crippen molar-refractivity contribution in [2.45, 2.75) is 46.6 Å². The molecule has 0 fully saturated rings. The smallest absolute Gasteiger partial charge is 0.412 e. The lowest BCUT2D eigenvalue weighted by Crippen LogP contribution is -2.29. The number of ether oxygens (including phenoxy) is 2. The number of methoxy groups -OCH3 is 1. The first-order valence-corrected chi connectivity index (χ1v) is 7.43. The highest BCUT2D eigenvalue weighted by molar-refractivity contribution is 5.86. The minimum Gasteiger partial charge on any atom is -0.497 e. The Bertz CT molecular complexity index is 519. The molecule has 0 aliphatic carbocycles. The molecular weight excluding hydrogens is 280 g/mol. The standard InChI is InChI=1S/C17H28N2O3/c1-16(2,3)22-15(20)19-14-9-13(21-6)8-7-12(14)10-17(4,5)11-18/h7-9H,10-11,18H2,1-6H3,(H,19,20). The topological polar surface area (TPSA) is 73.6 Å². The van der Waals surface area contributed by atoms with Crippen LogP contribution in [0.1, 0.15) is 40.2 Å². The molecule has 3 N–H and O–H groups in total. The summed E-state index contributed by atoms with van der Waals surface area (Å²) in [5.41, 5.74) is 6.90. The molecule has 0 aliphatic rings. The molecule has 0 aliphatic heterocycles. The van der Waals surface area contributed by atoms with Crippen molar-refractivity contribution in [1.82, 2.24) is 0 Å². The summed E-state index contributed by atoms with van der Waals surface area (Å²) in [6.07, 6.45) is 0.270. The fraction of sp³-hybridized carbons (Fsp3) is 0.588. The normalized spacial score (nSPS) is 12.0. The van der Waals surface area contributed by atoms with Crippen molar-refractivity contribution in [1.29, 1.82) is 0 Å². The molecule has 22 heavy (non-hydrogen) atoms. The number of amides is 1. The van der Waals surface area contributed by atoms with Gasteiger partial charge in [-0.3, -0.25) is 5.32 Å². The summed E-state index contributed by atoms with van der Waals surface area (Å²) in [6, 6.07) is 5.62. The molecule has 1 amide bonds. The van der Waals surface area contributed by atoms with Gasteiger partial charge in [-0.25, -0.2) is 4.79 Å². The summed E-state index contributed by atoms with van der Waals surface area (Å²) >= 11 is 0. The first-order valence-electron chi connectivity index (χ1n) is 7.43. The maximum atomic E-state index is 12.0. The van der Waals surface area contributed by atoms with Crippen LogP contribution in [-0.4, -0.2) is 25.3 Å². The lowest BCUT2D eigenvalue weighted by Gasteiger charge is -2.25. The Morgan fingerprint density at radius 2 is 1.86 bits per heavy atom. The second-order valence-corrected chi connectivity index (χ2v) is 7.20. The zero-order chi connectivity index (χ0) is 17.0. The lowest BCUT2D eigenvalue weighted by atomic mass is 9.85. The van der Waals surface area contributed by atoms with E-state index in [1.54, 1.807) is 13.2 Å². The van der Waals surface area contributed by atoms with Gasteiger partial charge in [-0.15, -0.1) is 0 Å². The predicted octanol–water partition coefficient (Wildman–Crippen LogP) is 3.57. The number of hydrogen-bond acceptors (Lipinski definition) is 4. The molecule has 5 nitrogen and oxygen atoms in total. The first kappa shape index (κ1) is 18.3. The molecule has 0 unspecified atom stereocenters. The monoisotopic (exact) mass is 308 g/mol. The van der Waals surface area contributed by atoms with Gasteiger partial charge < -0.3 is 15.2 Å². The summed E-state index contributed by atoms with van der Waals surface area (Å²) in [5.74, 6) is 0.681. The van der Waals surface area contributed by atoms with Crippen LogP contribution in [-0.2, 0) is 11.2 Å². The molecule has 0 heterocycles. The Morgan fingerprint density at radius 1 is 1.23 bits per heavy atom. The van der Waals surface area contributed by atoms with Crippen molar-refractivity contribution < 1.29 is 14.3 Å². The summed E-state index contributed by atoms with van der Waals surface area (Å²) in [5, 5.41) is 2.81. The number of anilines is 1. The molecule has 0 bridgehead atoms. The molecule has 0 saturated heterocycles. The SMILES string of the molecule is COc1ccc(CC(C)(C)CN)c(NC(=O)OC(C)(C)C)c1. The molecule has 0 atom stereocenters. The van der Waals surface area contributed by atoms with Gasteiger partial charge in [-0.05, 0) is 50.8 Å². The van der Waals surface area contributed by atoms with E-state index in [0.717, 1.165) is 12.0 Å². The lowest BCUT2D eigenvalue weighted by molar-refractivity contribution is 0.0635. The van der Waals surface area contributed by atoms with Gasteiger partial charge in [0.1, 0.15) is 11.4 Å². The van der Waals surface area contributed by atoms with Crippen LogP contribution in [0.4, 0.5) is 10.5 Å². The van der Waals surface area contributed by atoms with Gasteiger partial charge in [0.2, 0.25) is 0 Å². The van der Waals surface area contributed by atoms with Crippen molar-refractivity contribution >= 4 is 11.8 Å².